The summed E-state index contributed by atoms with van der Waals surface area (Å²) >= 11 is 0. The third-order valence-corrected chi connectivity index (χ3v) is 12.2. The number of hydrogen-bond acceptors (Lipinski definition) is 11. The minimum Gasteiger partial charge on any atom is -0.457 e. The van der Waals surface area contributed by atoms with Gasteiger partial charge in [-0.15, -0.1) is 0 Å². The van der Waals surface area contributed by atoms with E-state index >= 15 is 0 Å². The van der Waals surface area contributed by atoms with E-state index in [4.69, 9.17) is 18.5 Å². The van der Waals surface area contributed by atoms with Crippen LogP contribution in [-0.4, -0.2) is 98.9 Å². The van der Waals surface area contributed by atoms with Crippen molar-refractivity contribution in [2.45, 2.75) is 236 Å². The van der Waals surface area contributed by atoms with Gasteiger partial charge >= 0.3 is 13.8 Å². The molecule has 0 aromatic carbocycles. The van der Waals surface area contributed by atoms with E-state index in [1.54, 1.807) is 0 Å². The fourth-order valence-electron chi connectivity index (χ4n) is 7.31. The standard InChI is InChI=1S/C49H89O12P/c1-3-5-7-9-11-13-15-17-19-21-22-23-24-26-28-30-32-34-36-38-43(50)60-42(41-59-62(56,57)61-49-47(54)45(52)44(51)46(53)48(49)55)40-58-39-37-35-33-31-29-27-25-20-18-16-14-12-10-8-6-4-2/h6,8,12,14,17-20,42,44-49,51-55H,3-5,7,9-11,13,15-16,21-41H2,1-2H3,(H,56,57)/b8-6-,14-12-,19-17-,20-18-. The molecule has 0 saturated heterocycles. The van der Waals surface area contributed by atoms with E-state index in [1.807, 2.05) is 0 Å². The molecule has 6 atom stereocenters. The summed E-state index contributed by atoms with van der Waals surface area (Å²) in [5.41, 5.74) is 0. The molecule has 1 aliphatic carbocycles. The number of ether oxygens (including phenoxy) is 2. The molecule has 1 aliphatic rings. The van der Waals surface area contributed by atoms with Crippen LogP contribution in [0.2, 0.25) is 0 Å². The lowest BCUT2D eigenvalue weighted by atomic mass is 9.85. The molecule has 6 N–H and O–H groups in total. The van der Waals surface area contributed by atoms with Crippen molar-refractivity contribution in [3.05, 3.63) is 48.6 Å². The van der Waals surface area contributed by atoms with Gasteiger partial charge < -0.3 is 39.9 Å². The average Bonchev–Trinajstić information content (AvgIpc) is 3.26. The van der Waals surface area contributed by atoms with Gasteiger partial charge in [-0.1, -0.05) is 165 Å². The van der Waals surface area contributed by atoms with E-state index in [-0.39, 0.29) is 13.0 Å². The third-order valence-electron chi connectivity index (χ3n) is 11.2. The molecule has 362 valence electrons. The van der Waals surface area contributed by atoms with Gasteiger partial charge in [0.15, 0.2) is 0 Å². The molecule has 0 aromatic heterocycles. The molecule has 6 unspecified atom stereocenters. The largest absolute Gasteiger partial charge is 0.472 e. The maximum Gasteiger partial charge on any atom is 0.472 e. The van der Waals surface area contributed by atoms with Crippen LogP contribution in [0.1, 0.15) is 194 Å². The molecule has 62 heavy (non-hydrogen) atoms. The maximum atomic E-state index is 12.8. The van der Waals surface area contributed by atoms with Crippen LogP contribution in [-0.2, 0) is 27.9 Å². The van der Waals surface area contributed by atoms with E-state index in [0.29, 0.717) is 13.0 Å². The van der Waals surface area contributed by atoms with Crippen LogP contribution < -0.4 is 0 Å². The molecule has 1 fully saturated rings. The number of carbonyl (C=O) groups is 1. The van der Waals surface area contributed by atoms with Crippen LogP contribution in [0.4, 0.5) is 0 Å². The van der Waals surface area contributed by atoms with Crippen LogP contribution >= 0.6 is 7.82 Å². The third kappa shape index (κ3) is 31.2. The Kier molecular flexibility index (Phi) is 37.3. The molecule has 12 nitrogen and oxygen atoms in total. The highest BCUT2D eigenvalue weighted by Crippen LogP contribution is 2.47. The Hall–Kier alpha value is -1.70. The second kappa shape index (κ2) is 39.6. The fourth-order valence-corrected chi connectivity index (χ4v) is 8.28. The molecule has 1 saturated carbocycles. The van der Waals surface area contributed by atoms with E-state index in [2.05, 4.69) is 62.5 Å². The number of phosphoric acid groups is 1. The Morgan fingerprint density at radius 2 is 0.952 bits per heavy atom. The smallest absolute Gasteiger partial charge is 0.457 e. The van der Waals surface area contributed by atoms with Crippen molar-refractivity contribution < 1.29 is 58.3 Å². The van der Waals surface area contributed by atoms with Crippen molar-refractivity contribution in [3.63, 3.8) is 0 Å². The number of rotatable bonds is 41. The van der Waals surface area contributed by atoms with Crippen LogP contribution in [0.15, 0.2) is 48.6 Å². The number of esters is 1. The lowest BCUT2D eigenvalue weighted by molar-refractivity contribution is -0.220. The summed E-state index contributed by atoms with van der Waals surface area (Å²) < 4.78 is 34.2. The van der Waals surface area contributed by atoms with Gasteiger partial charge in [-0.05, 0) is 70.6 Å². The normalized spacial score (nSPS) is 22.4. The number of allylic oxidation sites excluding steroid dienone is 8. The highest BCUT2D eigenvalue weighted by Gasteiger charge is 2.51. The van der Waals surface area contributed by atoms with Crippen molar-refractivity contribution in [2.24, 2.45) is 0 Å². The number of aliphatic hydroxyl groups excluding tert-OH is 5. The predicted octanol–water partition coefficient (Wildman–Crippen LogP) is 10.4. The molecule has 0 amide bonds. The Morgan fingerprint density at radius 1 is 0.532 bits per heavy atom. The molecular weight excluding hydrogens is 812 g/mol. The Labute approximate surface area is 375 Å². The lowest BCUT2D eigenvalue weighted by Gasteiger charge is -2.41. The minimum absolute atomic E-state index is 0.0868. The lowest BCUT2D eigenvalue weighted by Crippen LogP contribution is -2.64. The molecule has 1 rings (SSSR count). The van der Waals surface area contributed by atoms with Gasteiger partial charge in [0.25, 0.3) is 0 Å². The summed E-state index contributed by atoms with van der Waals surface area (Å²) in [4.78, 5) is 23.2. The summed E-state index contributed by atoms with van der Waals surface area (Å²) in [6.07, 6.45) is 36.0. The van der Waals surface area contributed by atoms with Crippen molar-refractivity contribution in [1.82, 2.24) is 0 Å². The highest BCUT2D eigenvalue weighted by molar-refractivity contribution is 7.47. The molecule has 0 aromatic rings. The zero-order chi connectivity index (χ0) is 45.5. The van der Waals surface area contributed by atoms with E-state index in [1.165, 1.54) is 83.5 Å². The monoisotopic (exact) mass is 901 g/mol. The summed E-state index contributed by atoms with van der Waals surface area (Å²) in [6.45, 7) is 4.12. The zero-order valence-electron chi connectivity index (χ0n) is 38.7. The first-order valence-electron chi connectivity index (χ1n) is 24.5. The first-order valence-corrected chi connectivity index (χ1v) is 26.0. The molecule has 0 aliphatic heterocycles. The Morgan fingerprint density at radius 3 is 1.47 bits per heavy atom. The van der Waals surface area contributed by atoms with Crippen molar-refractivity contribution >= 4 is 13.8 Å². The van der Waals surface area contributed by atoms with Gasteiger partial charge in [0.2, 0.25) is 0 Å². The van der Waals surface area contributed by atoms with Crippen molar-refractivity contribution in [1.29, 1.82) is 0 Å². The van der Waals surface area contributed by atoms with Crippen LogP contribution in [0.5, 0.6) is 0 Å². The first-order chi connectivity index (χ1) is 30.0. The van der Waals surface area contributed by atoms with Crippen LogP contribution in [0, 0.1) is 0 Å². The topological polar surface area (TPSA) is 192 Å². The number of unbranched alkanes of at least 4 members (excludes halogenated alkanes) is 21. The van der Waals surface area contributed by atoms with E-state index in [9.17, 15) is 39.8 Å². The van der Waals surface area contributed by atoms with Crippen LogP contribution in [0.25, 0.3) is 0 Å². The number of carbonyl (C=O) groups excluding carboxylic acids is 1. The summed E-state index contributed by atoms with van der Waals surface area (Å²) in [5, 5.41) is 50.2. The highest BCUT2D eigenvalue weighted by atomic mass is 31.2. The van der Waals surface area contributed by atoms with Gasteiger partial charge in [-0.25, -0.2) is 4.57 Å². The van der Waals surface area contributed by atoms with Crippen LogP contribution in [0.3, 0.4) is 0 Å². The fraction of sp³-hybridized carbons (Fsp3) is 0.816. The predicted molar refractivity (Wildman–Crippen MR) is 249 cm³/mol. The number of phosphoric ester groups is 1. The maximum absolute atomic E-state index is 12.8. The number of aliphatic hydroxyl groups is 5. The summed E-state index contributed by atoms with van der Waals surface area (Å²) in [6, 6.07) is 0. The SMILES string of the molecule is CC/C=C\C/C=C\C/C=C\CCCCCCCCOCC(COP(=O)(O)OC1C(O)C(O)C(O)C(O)C1O)OC(=O)CCCCCCCCCCC/C=C\CCCCCCCC. The van der Waals surface area contributed by atoms with E-state index in [0.717, 1.165) is 83.5 Å². The number of hydrogen-bond donors (Lipinski definition) is 6. The van der Waals surface area contributed by atoms with Crippen molar-refractivity contribution in [3.8, 4) is 0 Å². The Bertz CT molecular complexity index is 1210. The molecule has 0 heterocycles. The minimum atomic E-state index is -5.02. The average molecular weight is 901 g/mol. The van der Waals surface area contributed by atoms with Gasteiger partial charge in [-0.2, -0.15) is 0 Å². The molecule has 0 bridgehead atoms. The van der Waals surface area contributed by atoms with Gasteiger partial charge in [-0.3, -0.25) is 13.8 Å². The first kappa shape index (κ1) is 58.3. The zero-order valence-corrected chi connectivity index (χ0v) is 39.6. The van der Waals surface area contributed by atoms with Gasteiger partial charge in [0, 0.05) is 13.0 Å². The second-order valence-electron chi connectivity index (χ2n) is 16.9. The van der Waals surface area contributed by atoms with Crippen molar-refractivity contribution in [2.75, 3.05) is 19.8 Å². The molecule has 0 spiro atoms. The van der Waals surface area contributed by atoms with Gasteiger partial charge in [0.1, 0.15) is 42.7 Å². The van der Waals surface area contributed by atoms with E-state index < -0.39 is 63.1 Å². The quantitative estimate of drug-likeness (QED) is 0.0147. The summed E-state index contributed by atoms with van der Waals surface area (Å²) in [5.74, 6) is -0.485. The Balaban J connectivity index is 2.37. The molecule has 13 heteroatoms. The summed E-state index contributed by atoms with van der Waals surface area (Å²) in [7, 11) is -5.02. The molecular formula is C49H89O12P. The van der Waals surface area contributed by atoms with Gasteiger partial charge in [0.05, 0.1) is 13.2 Å². The molecule has 0 radical (unpaired) electrons. The second-order valence-corrected chi connectivity index (χ2v) is 18.3.